The number of hydrogen-bond donors (Lipinski definition) is 2. The maximum Gasteiger partial charge on any atom is 0.240 e. The maximum absolute atomic E-state index is 10.1. The molecule has 0 saturated carbocycles. The van der Waals surface area contributed by atoms with Gasteiger partial charge in [-0.1, -0.05) is 60.2 Å². The third kappa shape index (κ3) is 2.60. The van der Waals surface area contributed by atoms with Gasteiger partial charge in [-0.2, -0.15) is 0 Å². The van der Waals surface area contributed by atoms with Crippen LogP contribution in [0.4, 0.5) is 5.82 Å². The van der Waals surface area contributed by atoms with E-state index in [9.17, 15) is 5.11 Å². The predicted molar refractivity (Wildman–Crippen MR) is 84.0 cm³/mol. The summed E-state index contributed by atoms with van der Waals surface area (Å²) < 4.78 is 1.62. The van der Waals surface area contributed by atoms with Crippen molar-refractivity contribution in [2.45, 2.75) is 13.5 Å². The second-order valence-electron chi connectivity index (χ2n) is 5.09. The maximum atomic E-state index is 10.1. The molecule has 1 heterocycles. The van der Waals surface area contributed by atoms with Gasteiger partial charge in [0, 0.05) is 0 Å². The topological polar surface area (TPSA) is 64.1 Å². The van der Waals surface area contributed by atoms with Gasteiger partial charge in [0.05, 0.1) is 12.1 Å². The van der Waals surface area contributed by atoms with E-state index in [0.29, 0.717) is 17.9 Å². The van der Waals surface area contributed by atoms with Gasteiger partial charge in [-0.3, -0.25) is 0 Å². The lowest BCUT2D eigenvalue weighted by Gasteiger charge is -2.05. The minimum Gasteiger partial charge on any atom is -0.492 e. The predicted octanol–water partition coefficient (Wildman–Crippen LogP) is 3.19. The zero-order chi connectivity index (χ0) is 14.8. The van der Waals surface area contributed by atoms with E-state index in [1.165, 1.54) is 0 Å². The Morgan fingerprint density at radius 2 is 1.71 bits per heavy atom. The van der Waals surface area contributed by atoms with Crippen LogP contribution in [-0.4, -0.2) is 14.9 Å². The normalized spacial score (nSPS) is 10.7. The average molecular weight is 279 g/mol. The first-order chi connectivity index (χ1) is 10.1. The molecule has 4 nitrogen and oxygen atoms in total. The average Bonchev–Trinajstić information content (AvgIpc) is 2.76. The van der Waals surface area contributed by atoms with E-state index in [2.05, 4.69) is 5.10 Å². The Kier molecular flexibility index (Phi) is 3.36. The van der Waals surface area contributed by atoms with Crippen molar-refractivity contribution in [2.75, 3.05) is 5.73 Å². The molecule has 3 aromatic rings. The van der Waals surface area contributed by atoms with E-state index in [1.54, 1.807) is 4.68 Å². The van der Waals surface area contributed by atoms with Gasteiger partial charge >= 0.3 is 0 Å². The fraction of sp³-hybridized carbons (Fsp3) is 0.118. The summed E-state index contributed by atoms with van der Waals surface area (Å²) in [5, 5.41) is 14.3. The summed E-state index contributed by atoms with van der Waals surface area (Å²) in [4.78, 5) is 0. The second kappa shape index (κ2) is 5.32. The zero-order valence-corrected chi connectivity index (χ0v) is 11.8. The highest BCUT2D eigenvalue weighted by molar-refractivity contribution is 5.78. The van der Waals surface area contributed by atoms with E-state index in [0.717, 1.165) is 16.7 Å². The molecule has 0 radical (unpaired) electrons. The van der Waals surface area contributed by atoms with Crippen molar-refractivity contribution in [3.63, 3.8) is 0 Å². The highest BCUT2D eigenvalue weighted by Gasteiger charge is 2.16. The first-order valence-corrected chi connectivity index (χ1v) is 6.81. The van der Waals surface area contributed by atoms with Crippen molar-refractivity contribution in [1.29, 1.82) is 0 Å². The molecular formula is C17H17N3O. The number of aromatic hydroxyl groups is 1. The quantitative estimate of drug-likeness (QED) is 0.774. The van der Waals surface area contributed by atoms with Crippen molar-refractivity contribution in [3.05, 3.63) is 65.7 Å². The van der Waals surface area contributed by atoms with Crippen LogP contribution < -0.4 is 5.73 Å². The van der Waals surface area contributed by atoms with E-state index < -0.39 is 0 Å². The third-order valence-electron chi connectivity index (χ3n) is 3.49. The van der Waals surface area contributed by atoms with Crippen molar-refractivity contribution < 1.29 is 5.11 Å². The standard InChI is InChI=1S/C17H17N3O/c1-12-7-9-14(10-8-12)15-16(18)20(19-17(15)21)11-13-5-3-2-4-6-13/h2-10H,11,18H2,1H3,(H,19,21). The van der Waals surface area contributed by atoms with E-state index in [1.807, 2.05) is 61.5 Å². The molecule has 3 N–H and O–H groups in total. The van der Waals surface area contributed by atoms with E-state index in [-0.39, 0.29) is 5.88 Å². The van der Waals surface area contributed by atoms with Gasteiger partial charge in [-0.15, -0.1) is 5.10 Å². The van der Waals surface area contributed by atoms with Crippen LogP contribution in [0.2, 0.25) is 0 Å². The van der Waals surface area contributed by atoms with Gasteiger partial charge in [0.1, 0.15) is 5.82 Å². The van der Waals surface area contributed by atoms with E-state index in [4.69, 9.17) is 5.73 Å². The molecule has 0 aliphatic carbocycles. The summed E-state index contributed by atoms with van der Waals surface area (Å²) in [5.74, 6) is 0.437. The molecule has 21 heavy (non-hydrogen) atoms. The van der Waals surface area contributed by atoms with Crippen LogP contribution in [0, 0.1) is 6.92 Å². The third-order valence-corrected chi connectivity index (χ3v) is 3.49. The summed E-state index contributed by atoms with van der Waals surface area (Å²) in [7, 11) is 0. The molecule has 2 aromatic carbocycles. The Balaban J connectivity index is 1.98. The summed E-state index contributed by atoms with van der Waals surface area (Å²) in [6, 6.07) is 17.8. The number of hydrogen-bond acceptors (Lipinski definition) is 3. The highest BCUT2D eigenvalue weighted by atomic mass is 16.3. The van der Waals surface area contributed by atoms with Crippen molar-refractivity contribution >= 4 is 5.82 Å². The molecule has 0 spiro atoms. The molecule has 4 heteroatoms. The Bertz CT molecular complexity index is 746. The lowest BCUT2D eigenvalue weighted by atomic mass is 10.1. The number of aryl methyl sites for hydroxylation is 1. The lowest BCUT2D eigenvalue weighted by Crippen LogP contribution is -2.06. The molecule has 0 unspecified atom stereocenters. The van der Waals surface area contributed by atoms with Crippen molar-refractivity contribution in [1.82, 2.24) is 9.78 Å². The van der Waals surface area contributed by atoms with Crippen molar-refractivity contribution in [2.24, 2.45) is 0 Å². The first-order valence-electron chi connectivity index (χ1n) is 6.81. The number of aromatic nitrogens is 2. The Morgan fingerprint density at radius 3 is 2.38 bits per heavy atom. The van der Waals surface area contributed by atoms with Crippen LogP contribution in [0.25, 0.3) is 11.1 Å². The lowest BCUT2D eigenvalue weighted by molar-refractivity contribution is 0.442. The fourth-order valence-electron chi connectivity index (χ4n) is 2.34. The van der Waals surface area contributed by atoms with Gasteiger partial charge in [0.15, 0.2) is 0 Å². The number of nitrogen functional groups attached to an aromatic ring is 1. The van der Waals surface area contributed by atoms with Crippen LogP contribution in [0.3, 0.4) is 0 Å². The van der Waals surface area contributed by atoms with Gasteiger partial charge in [0.25, 0.3) is 0 Å². The molecule has 0 bridgehead atoms. The van der Waals surface area contributed by atoms with Gasteiger partial charge in [0.2, 0.25) is 5.88 Å². The largest absolute Gasteiger partial charge is 0.492 e. The summed E-state index contributed by atoms with van der Waals surface area (Å²) >= 11 is 0. The van der Waals surface area contributed by atoms with Crippen LogP contribution in [0.1, 0.15) is 11.1 Å². The van der Waals surface area contributed by atoms with E-state index >= 15 is 0 Å². The molecule has 1 aromatic heterocycles. The number of nitrogens with zero attached hydrogens (tertiary/aromatic N) is 2. The Hall–Kier alpha value is -2.75. The molecule has 0 atom stereocenters. The Labute approximate surface area is 123 Å². The molecule has 3 rings (SSSR count). The molecule has 0 aliphatic rings. The van der Waals surface area contributed by atoms with Gasteiger partial charge in [-0.05, 0) is 18.1 Å². The molecule has 0 amide bonds. The van der Waals surface area contributed by atoms with Crippen molar-refractivity contribution in [3.8, 4) is 17.0 Å². The van der Waals surface area contributed by atoms with Crippen LogP contribution in [-0.2, 0) is 6.54 Å². The summed E-state index contributed by atoms with van der Waals surface area (Å²) in [6.45, 7) is 2.55. The summed E-state index contributed by atoms with van der Waals surface area (Å²) in [5.41, 5.74) is 9.87. The highest BCUT2D eigenvalue weighted by Crippen LogP contribution is 2.34. The smallest absolute Gasteiger partial charge is 0.240 e. The zero-order valence-electron chi connectivity index (χ0n) is 11.8. The molecule has 0 fully saturated rings. The molecule has 106 valence electrons. The summed E-state index contributed by atoms with van der Waals surface area (Å²) in [6.07, 6.45) is 0. The number of nitrogens with two attached hydrogens (primary N) is 1. The fourth-order valence-corrected chi connectivity index (χ4v) is 2.34. The number of anilines is 1. The second-order valence-corrected chi connectivity index (χ2v) is 5.09. The minimum absolute atomic E-state index is 0.0349. The van der Waals surface area contributed by atoms with Gasteiger partial charge < -0.3 is 10.8 Å². The minimum atomic E-state index is -0.0349. The number of benzene rings is 2. The van der Waals surface area contributed by atoms with Crippen LogP contribution >= 0.6 is 0 Å². The van der Waals surface area contributed by atoms with Gasteiger partial charge in [-0.25, -0.2) is 4.68 Å². The SMILES string of the molecule is Cc1ccc(-c2c(O)nn(Cc3ccccc3)c2N)cc1. The molecule has 0 aliphatic heterocycles. The molecular weight excluding hydrogens is 262 g/mol. The number of rotatable bonds is 3. The van der Waals surface area contributed by atoms with Crippen LogP contribution in [0.5, 0.6) is 5.88 Å². The first kappa shape index (κ1) is 13.2. The Morgan fingerprint density at radius 1 is 1.05 bits per heavy atom. The van der Waals surface area contributed by atoms with Crippen LogP contribution in [0.15, 0.2) is 54.6 Å². The molecule has 0 saturated heterocycles. The monoisotopic (exact) mass is 279 g/mol.